The van der Waals surface area contributed by atoms with Crippen molar-refractivity contribution in [2.75, 3.05) is 0 Å². The Kier molecular flexibility index (Phi) is 5.46. The number of nitrogens with zero attached hydrogens (tertiary/aromatic N) is 4. The van der Waals surface area contributed by atoms with Crippen molar-refractivity contribution in [3.63, 3.8) is 0 Å². The number of rotatable bonds is 5. The van der Waals surface area contributed by atoms with E-state index in [1.54, 1.807) is 18.2 Å². The van der Waals surface area contributed by atoms with E-state index >= 15 is 0 Å². The maximum Gasteiger partial charge on any atom is 0.282 e. The van der Waals surface area contributed by atoms with Crippen molar-refractivity contribution in [3.05, 3.63) is 115 Å². The Labute approximate surface area is 182 Å². The van der Waals surface area contributed by atoms with Gasteiger partial charge in [-0.15, -0.1) is 0 Å². The minimum absolute atomic E-state index is 0.129. The quantitative estimate of drug-likeness (QED) is 0.425. The van der Waals surface area contributed by atoms with Gasteiger partial charge in [0.2, 0.25) is 0 Å². The zero-order chi connectivity index (χ0) is 22.8. The smallest absolute Gasteiger partial charge is 0.267 e. The van der Waals surface area contributed by atoms with Crippen LogP contribution < -0.4 is 0 Å². The molecule has 0 unspecified atom stereocenters. The Balaban J connectivity index is 1.84. The van der Waals surface area contributed by atoms with Crippen LogP contribution in [0.1, 0.15) is 39.5 Å². The zero-order valence-corrected chi connectivity index (χ0v) is 17.0. The fraction of sp³-hybridized carbons (Fsp3) is 0.130. The molecule has 160 valence electrons. The predicted octanol–water partition coefficient (Wildman–Crippen LogP) is 4.80. The molecule has 1 amide bonds. The number of para-hydroxylation sites is 2. The lowest BCUT2D eigenvalue weighted by Crippen LogP contribution is -2.28. The Morgan fingerprint density at radius 2 is 1.59 bits per heavy atom. The Morgan fingerprint density at radius 3 is 2.28 bits per heavy atom. The predicted molar refractivity (Wildman–Crippen MR) is 117 cm³/mol. The summed E-state index contributed by atoms with van der Waals surface area (Å²) >= 11 is 0. The molecule has 0 saturated heterocycles. The number of benzene rings is 3. The molecule has 0 bridgehead atoms. The summed E-state index contributed by atoms with van der Waals surface area (Å²) in [5.41, 5.74) is 2.05. The van der Waals surface area contributed by atoms with Crippen molar-refractivity contribution in [3.8, 4) is 0 Å². The van der Waals surface area contributed by atoms with Crippen LogP contribution in [0.5, 0.6) is 0 Å². The van der Waals surface area contributed by atoms with E-state index in [4.69, 9.17) is 0 Å². The maximum absolute atomic E-state index is 13.4. The number of hydrogen-bond acceptors (Lipinski definition) is 6. The second-order valence-corrected chi connectivity index (χ2v) is 7.38. The topological polar surface area (TPSA) is 119 Å². The molecular weight excluding hydrogens is 412 g/mol. The molecule has 0 fully saturated rings. The summed E-state index contributed by atoms with van der Waals surface area (Å²) in [6.07, 6.45) is 0.237. The van der Waals surface area contributed by atoms with Crippen LogP contribution in [0.3, 0.4) is 0 Å². The fourth-order valence-electron chi connectivity index (χ4n) is 3.81. The molecule has 0 saturated carbocycles. The van der Waals surface area contributed by atoms with Crippen LogP contribution in [0.15, 0.2) is 77.9 Å². The number of hydrazone groups is 1. The summed E-state index contributed by atoms with van der Waals surface area (Å²) in [7, 11) is 0. The van der Waals surface area contributed by atoms with Gasteiger partial charge in [0.15, 0.2) is 0 Å². The molecule has 0 aromatic heterocycles. The molecule has 1 heterocycles. The summed E-state index contributed by atoms with van der Waals surface area (Å²) in [6.45, 7) is 1.93. The molecule has 1 aliphatic heterocycles. The van der Waals surface area contributed by atoms with Crippen LogP contribution in [-0.4, -0.2) is 26.5 Å². The Bertz CT molecular complexity index is 1270. The van der Waals surface area contributed by atoms with E-state index in [9.17, 15) is 25.0 Å². The van der Waals surface area contributed by atoms with Gasteiger partial charge in [-0.3, -0.25) is 25.0 Å². The van der Waals surface area contributed by atoms with E-state index < -0.39 is 21.8 Å². The molecule has 1 aliphatic rings. The van der Waals surface area contributed by atoms with Crippen molar-refractivity contribution in [2.24, 2.45) is 5.10 Å². The van der Waals surface area contributed by atoms with Gasteiger partial charge in [-0.05, 0) is 24.6 Å². The molecule has 0 aliphatic carbocycles. The number of hydrogen-bond donors (Lipinski definition) is 0. The minimum Gasteiger partial charge on any atom is -0.267 e. The molecule has 32 heavy (non-hydrogen) atoms. The summed E-state index contributed by atoms with van der Waals surface area (Å²) < 4.78 is 0. The first-order valence-electron chi connectivity index (χ1n) is 9.81. The number of nitro benzene ring substituents is 2. The minimum atomic E-state index is -0.778. The molecule has 0 N–H and O–H groups in total. The molecule has 0 spiro atoms. The number of carbonyl (C=O) groups excluding carboxylic acids is 1. The fourth-order valence-corrected chi connectivity index (χ4v) is 3.81. The number of carbonyl (C=O) groups is 1. The lowest BCUT2D eigenvalue weighted by atomic mass is 9.96. The maximum atomic E-state index is 13.4. The monoisotopic (exact) mass is 430 g/mol. The normalized spacial score (nSPS) is 15.3. The Hall–Kier alpha value is -4.40. The molecule has 0 radical (unpaired) electrons. The van der Waals surface area contributed by atoms with Crippen molar-refractivity contribution in [1.29, 1.82) is 0 Å². The standard InChI is InChI=1S/C23H18N4O5/c1-15-7-6-8-16(13-15)19-14-22(17-9-2-4-11-20(17)26(29)30)25(24-19)23(28)18-10-3-5-12-21(18)27(31)32/h2-13,22H,14H2,1H3/t22-/m1/s1. The van der Waals surface area contributed by atoms with E-state index in [0.29, 0.717) is 11.3 Å². The zero-order valence-electron chi connectivity index (χ0n) is 17.0. The van der Waals surface area contributed by atoms with E-state index in [0.717, 1.165) is 16.1 Å². The number of nitro groups is 2. The van der Waals surface area contributed by atoms with E-state index in [1.165, 1.54) is 30.3 Å². The average molecular weight is 430 g/mol. The van der Waals surface area contributed by atoms with Gasteiger partial charge in [-0.1, -0.05) is 54.1 Å². The van der Waals surface area contributed by atoms with Crippen molar-refractivity contribution >= 4 is 23.0 Å². The molecule has 9 heteroatoms. The second kappa shape index (κ2) is 8.38. The van der Waals surface area contributed by atoms with Gasteiger partial charge in [-0.25, -0.2) is 5.01 Å². The molecule has 3 aromatic rings. The van der Waals surface area contributed by atoms with E-state index in [2.05, 4.69) is 5.10 Å². The molecule has 9 nitrogen and oxygen atoms in total. The highest BCUT2D eigenvalue weighted by molar-refractivity contribution is 6.06. The van der Waals surface area contributed by atoms with Crippen molar-refractivity contribution in [2.45, 2.75) is 19.4 Å². The molecule has 4 rings (SSSR count). The lowest BCUT2D eigenvalue weighted by Gasteiger charge is -2.21. The van der Waals surface area contributed by atoms with Crippen LogP contribution in [0, 0.1) is 27.2 Å². The van der Waals surface area contributed by atoms with Gasteiger partial charge in [0.05, 0.1) is 27.2 Å². The summed E-state index contributed by atoms with van der Waals surface area (Å²) in [6, 6.07) is 18.5. The third-order valence-corrected chi connectivity index (χ3v) is 5.29. The highest BCUT2D eigenvalue weighted by atomic mass is 16.6. The van der Waals surface area contributed by atoms with Gasteiger partial charge in [-0.2, -0.15) is 5.10 Å². The average Bonchev–Trinajstić information content (AvgIpc) is 3.24. The van der Waals surface area contributed by atoms with Crippen molar-refractivity contribution < 1.29 is 14.6 Å². The van der Waals surface area contributed by atoms with Gasteiger partial charge >= 0.3 is 0 Å². The third-order valence-electron chi connectivity index (χ3n) is 5.29. The van der Waals surface area contributed by atoms with Gasteiger partial charge in [0.1, 0.15) is 5.56 Å². The summed E-state index contributed by atoms with van der Waals surface area (Å²) in [4.78, 5) is 35.4. The SMILES string of the molecule is Cc1cccc(C2=NN(C(=O)c3ccccc3[N+](=O)[O-])[C@@H](c3ccccc3[N+](=O)[O-])C2)c1. The summed E-state index contributed by atoms with van der Waals surface area (Å²) in [5.74, 6) is -0.692. The van der Waals surface area contributed by atoms with Crippen LogP contribution >= 0.6 is 0 Å². The van der Waals surface area contributed by atoms with Crippen LogP contribution in [-0.2, 0) is 0 Å². The number of aryl methyl sites for hydroxylation is 1. The first kappa shape index (κ1) is 20.9. The second-order valence-electron chi connectivity index (χ2n) is 7.38. The third kappa shape index (κ3) is 3.83. The first-order chi connectivity index (χ1) is 15.4. The van der Waals surface area contributed by atoms with Crippen LogP contribution in [0.4, 0.5) is 11.4 Å². The largest absolute Gasteiger partial charge is 0.282 e. The van der Waals surface area contributed by atoms with Crippen LogP contribution in [0.25, 0.3) is 0 Å². The van der Waals surface area contributed by atoms with E-state index in [1.807, 2.05) is 31.2 Å². The van der Waals surface area contributed by atoms with Gasteiger partial charge < -0.3 is 0 Å². The summed E-state index contributed by atoms with van der Waals surface area (Å²) in [5, 5.41) is 28.7. The lowest BCUT2D eigenvalue weighted by molar-refractivity contribution is -0.385. The van der Waals surface area contributed by atoms with E-state index in [-0.39, 0.29) is 23.4 Å². The number of amides is 1. The van der Waals surface area contributed by atoms with Crippen LogP contribution in [0.2, 0.25) is 0 Å². The Morgan fingerprint density at radius 1 is 0.938 bits per heavy atom. The van der Waals surface area contributed by atoms with Gasteiger partial charge in [0, 0.05) is 18.6 Å². The van der Waals surface area contributed by atoms with Crippen molar-refractivity contribution in [1.82, 2.24) is 5.01 Å². The molecule has 1 atom stereocenters. The molecular formula is C23H18N4O5. The highest BCUT2D eigenvalue weighted by Crippen LogP contribution is 2.38. The first-order valence-corrected chi connectivity index (χ1v) is 9.81. The molecule has 3 aromatic carbocycles. The van der Waals surface area contributed by atoms with Gasteiger partial charge in [0.25, 0.3) is 17.3 Å². The highest BCUT2D eigenvalue weighted by Gasteiger charge is 2.38.